The first kappa shape index (κ1) is 20.8. The van der Waals surface area contributed by atoms with Gasteiger partial charge in [-0.25, -0.2) is 0 Å². The number of aromatic nitrogens is 6. The summed E-state index contributed by atoms with van der Waals surface area (Å²) >= 11 is 0. The van der Waals surface area contributed by atoms with Gasteiger partial charge in [0.2, 0.25) is 0 Å². The van der Waals surface area contributed by atoms with Gasteiger partial charge in [-0.05, 0) is 56.1 Å². The topological polar surface area (TPSA) is 103 Å². The molecule has 0 radical (unpaired) electrons. The number of nitrogens with zero attached hydrogens (tertiary/aromatic N) is 6. The van der Waals surface area contributed by atoms with E-state index >= 15 is 0 Å². The average Bonchev–Trinajstić information content (AvgIpc) is 3.46. The van der Waals surface area contributed by atoms with E-state index in [1.165, 1.54) is 17.5 Å². The summed E-state index contributed by atoms with van der Waals surface area (Å²) in [5, 5.41) is 22.9. The van der Waals surface area contributed by atoms with Crippen LogP contribution in [0.5, 0.6) is 0 Å². The third-order valence-corrected chi connectivity index (χ3v) is 6.42. The minimum Gasteiger partial charge on any atom is -0.373 e. The Morgan fingerprint density at radius 1 is 1.15 bits per heavy atom. The maximum atomic E-state index is 13.9. The van der Waals surface area contributed by atoms with E-state index in [1.54, 1.807) is 24.0 Å². The Kier molecular flexibility index (Phi) is 4.82. The molecule has 4 aromatic heterocycles. The summed E-state index contributed by atoms with van der Waals surface area (Å²) in [4.78, 5) is 18.3. The average molecular weight is 456 g/mol. The van der Waals surface area contributed by atoms with E-state index in [9.17, 15) is 9.90 Å². The van der Waals surface area contributed by atoms with Crippen molar-refractivity contribution >= 4 is 21.9 Å². The van der Waals surface area contributed by atoms with Crippen molar-refractivity contribution in [1.82, 2.24) is 34.4 Å². The van der Waals surface area contributed by atoms with Crippen LogP contribution in [0.3, 0.4) is 0 Å². The third kappa shape index (κ3) is 3.49. The van der Waals surface area contributed by atoms with Gasteiger partial charge in [-0.2, -0.15) is 14.9 Å². The van der Waals surface area contributed by atoms with Gasteiger partial charge in [-0.3, -0.25) is 19.8 Å². The predicted octanol–water partition coefficient (Wildman–Crippen LogP) is 2.76. The van der Waals surface area contributed by atoms with Crippen molar-refractivity contribution in [3.63, 3.8) is 0 Å². The van der Waals surface area contributed by atoms with Gasteiger partial charge in [0.05, 0.1) is 28.0 Å². The van der Waals surface area contributed by atoms with Gasteiger partial charge in [0, 0.05) is 43.1 Å². The maximum Gasteiger partial charge on any atom is 0.281 e. The van der Waals surface area contributed by atoms with Gasteiger partial charge in [0.1, 0.15) is 11.7 Å². The second kappa shape index (κ2) is 7.89. The summed E-state index contributed by atoms with van der Waals surface area (Å²) in [5.41, 5.74) is 4.64. The largest absolute Gasteiger partial charge is 0.373 e. The van der Waals surface area contributed by atoms with Crippen LogP contribution in [0, 0.1) is 5.92 Å². The highest BCUT2D eigenvalue weighted by atomic mass is 16.3. The molecule has 6 rings (SSSR count). The zero-order chi connectivity index (χ0) is 23.4. The first-order valence-corrected chi connectivity index (χ1v) is 11.4. The lowest BCUT2D eigenvalue weighted by molar-refractivity contribution is 0.144. The summed E-state index contributed by atoms with van der Waals surface area (Å²) in [5.74, 6) is 0.644. The number of hydrogen-bond donors (Lipinski definition) is 2. The first-order valence-electron chi connectivity index (χ1n) is 11.4. The number of aryl methyl sites for hydroxylation is 1. The van der Waals surface area contributed by atoms with E-state index in [-0.39, 0.29) is 5.56 Å². The van der Waals surface area contributed by atoms with Crippen molar-refractivity contribution in [2.45, 2.75) is 25.6 Å². The Labute approximate surface area is 195 Å². The maximum absolute atomic E-state index is 13.9. The number of benzene rings is 1. The van der Waals surface area contributed by atoms with Crippen LogP contribution < -0.4 is 10.9 Å². The third-order valence-electron chi connectivity index (χ3n) is 6.42. The molecule has 172 valence electrons. The molecule has 1 fully saturated rings. The molecule has 1 aliphatic rings. The molecule has 0 amide bonds. The Hall–Kier alpha value is -3.82. The van der Waals surface area contributed by atoms with E-state index < -0.39 is 6.23 Å². The Morgan fingerprint density at radius 3 is 2.74 bits per heavy atom. The number of pyridine rings is 1. The van der Waals surface area contributed by atoms with Crippen molar-refractivity contribution < 1.29 is 5.11 Å². The number of aliphatic hydroxyl groups is 1. The molecular weight excluding hydrogens is 430 g/mol. The number of hydrogen-bond acceptors (Lipinski definition) is 6. The fourth-order valence-corrected chi connectivity index (χ4v) is 4.47. The second-order valence-electron chi connectivity index (χ2n) is 8.95. The van der Waals surface area contributed by atoms with Crippen LogP contribution in [0.25, 0.3) is 38.8 Å². The molecule has 1 aromatic carbocycles. The van der Waals surface area contributed by atoms with Gasteiger partial charge in [0.15, 0.2) is 0 Å². The van der Waals surface area contributed by atoms with Crippen molar-refractivity contribution in [3.8, 4) is 16.8 Å². The van der Waals surface area contributed by atoms with Crippen LogP contribution in [-0.4, -0.2) is 41.3 Å². The number of fused-ring (bicyclic) bond motifs is 2. The monoisotopic (exact) mass is 455 g/mol. The Morgan fingerprint density at radius 2 is 2.00 bits per heavy atom. The van der Waals surface area contributed by atoms with Crippen molar-refractivity contribution in [2.75, 3.05) is 7.05 Å². The van der Waals surface area contributed by atoms with E-state index in [0.717, 1.165) is 28.5 Å². The molecule has 9 nitrogen and oxygen atoms in total. The Balaban J connectivity index is 1.57. The molecule has 4 heterocycles. The standard InChI is InChI=1S/C25H25N7O2/c1-26-24(33)21-7-5-16(12-27-21)22-23-20(9-10-31(23)13-15-3-4-15)29-32(25(22)34)18-6-8-19-17(11-18)14-30(2)28-19/h5-12,14-15,24,26,33H,3-4,13H2,1-2H3. The van der Waals surface area contributed by atoms with Crippen LogP contribution in [0.2, 0.25) is 0 Å². The predicted molar refractivity (Wildman–Crippen MR) is 130 cm³/mol. The molecule has 0 spiro atoms. The minimum absolute atomic E-state index is 0.213. The summed E-state index contributed by atoms with van der Waals surface area (Å²) in [7, 11) is 3.54. The highest BCUT2D eigenvalue weighted by Crippen LogP contribution is 2.34. The molecule has 5 aromatic rings. The number of nitrogens with one attached hydrogen (secondary N) is 1. The second-order valence-corrected chi connectivity index (χ2v) is 8.95. The van der Waals surface area contributed by atoms with Crippen LogP contribution in [0.4, 0.5) is 0 Å². The van der Waals surface area contributed by atoms with Gasteiger partial charge in [-0.15, -0.1) is 0 Å². The fraction of sp³-hybridized carbons (Fsp3) is 0.280. The van der Waals surface area contributed by atoms with E-state index in [1.807, 2.05) is 49.8 Å². The molecular formula is C25H25N7O2. The highest BCUT2D eigenvalue weighted by Gasteiger charge is 2.25. The molecule has 0 bridgehead atoms. The quantitative estimate of drug-likeness (QED) is 0.382. The lowest BCUT2D eigenvalue weighted by Crippen LogP contribution is -2.24. The lowest BCUT2D eigenvalue weighted by atomic mass is 10.1. The zero-order valence-electron chi connectivity index (χ0n) is 19.0. The van der Waals surface area contributed by atoms with Crippen molar-refractivity contribution in [1.29, 1.82) is 0 Å². The molecule has 1 aliphatic carbocycles. The first-order chi connectivity index (χ1) is 16.5. The number of aliphatic hydroxyl groups excluding tert-OH is 1. The molecule has 34 heavy (non-hydrogen) atoms. The van der Waals surface area contributed by atoms with E-state index in [4.69, 9.17) is 5.10 Å². The van der Waals surface area contributed by atoms with Crippen LogP contribution >= 0.6 is 0 Å². The molecule has 2 N–H and O–H groups in total. The molecule has 1 unspecified atom stereocenters. The lowest BCUT2D eigenvalue weighted by Gasteiger charge is -2.13. The van der Waals surface area contributed by atoms with Crippen LogP contribution in [0.1, 0.15) is 24.8 Å². The van der Waals surface area contributed by atoms with Crippen LogP contribution in [-0.2, 0) is 13.6 Å². The van der Waals surface area contributed by atoms with Crippen LogP contribution in [0.15, 0.2) is 59.8 Å². The van der Waals surface area contributed by atoms with Gasteiger partial charge in [0.25, 0.3) is 5.56 Å². The summed E-state index contributed by atoms with van der Waals surface area (Å²) in [6.45, 7) is 0.868. The highest BCUT2D eigenvalue weighted by molar-refractivity contribution is 5.92. The molecule has 9 heteroatoms. The molecule has 1 atom stereocenters. The van der Waals surface area contributed by atoms with Crippen molar-refractivity contribution in [2.24, 2.45) is 13.0 Å². The van der Waals surface area contributed by atoms with E-state index in [2.05, 4.69) is 20.0 Å². The van der Waals surface area contributed by atoms with Gasteiger partial charge >= 0.3 is 0 Å². The van der Waals surface area contributed by atoms with E-state index in [0.29, 0.717) is 28.4 Å². The Bertz CT molecular complexity index is 1580. The summed E-state index contributed by atoms with van der Waals surface area (Å²) < 4.78 is 5.35. The smallest absolute Gasteiger partial charge is 0.281 e. The summed E-state index contributed by atoms with van der Waals surface area (Å²) in [6.07, 6.45) is 7.14. The minimum atomic E-state index is -0.867. The fourth-order valence-electron chi connectivity index (χ4n) is 4.47. The summed E-state index contributed by atoms with van der Waals surface area (Å²) in [6, 6.07) is 11.2. The zero-order valence-corrected chi connectivity index (χ0v) is 19.0. The number of rotatable bonds is 6. The molecule has 1 saturated carbocycles. The SMILES string of the molecule is CNC(O)c1ccc(-c2c(=O)n(-c3ccc4nn(C)cc4c3)nc3ccn(CC4CC4)c23)cn1. The van der Waals surface area contributed by atoms with Gasteiger partial charge < -0.3 is 9.67 Å². The normalized spacial score (nSPS) is 14.8. The van der Waals surface area contributed by atoms with Gasteiger partial charge in [-0.1, -0.05) is 6.07 Å². The molecule has 0 saturated heterocycles. The van der Waals surface area contributed by atoms with Crippen molar-refractivity contribution in [3.05, 3.63) is 71.0 Å². The molecule has 0 aliphatic heterocycles.